The molecule has 0 bridgehead atoms. The molecule has 0 saturated heterocycles. The Morgan fingerprint density at radius 3 is 2.71 bits per heavy atom. The van der Waals surface area contributed by atoms with E-state index in [1.807, 2.05) is 0 Å². The van der Waals surface area contributed by atoms with Gasteiger partial charge in [0.25, 0.3) is 0 Å². The average molecular weight is 300 g/mol. The largest absolute Gasteiger partial charge is 0.475 e. The molecule has 0 radical (unpaired) electrons. The van der Waals surface area contributed by atoms with Crippen molar-refractivity contribution in [2.24, 2.45) is 0 Å². The van der Waals surface area contributed by atoms with Crippen molar-refractivity contribution in [3.05, 3.63) is 23.7 Å². The van der Waals surface area contributed by atoms with Crippen LogP contribution in [-0.4, -0.2) is 50.6 Å². The van der Waals surface area contributed by atoms with Crippen molar-refractivity contribution in [2.75, 3.05) is 33.5 Å². The summed E-state index contributed by atoms with van der Waals surface area (Å²) in [5.74, 6) is -0.912. The van der Waals surface area contributed by atoms with Crippen molar-refractivity contribution < 1.29 is 28.6 Å². The highest BCUT2D eigenvalue weighted by atomic mass is 16.5. The van der Waals surface area contributed by atoms with Gasteiger partial charge in [-0.25, -0.2) is 9.59 Å². The van der Waals surface area contributed by atoms with Crippen LogP contribution in [0.15, 0.2) is 16.5 Å². The molecule has 1 rings (SSSR count). The predicted molar refractivity (Wildman–Crippen MR) is 73.2 cm³/mol. The third-order valence-corrected chi connectivity index (χ3v) is 2.48. The van der Waals surface area contributed by atoms with Crippen LogP contribution < -0.4 is 10.6 Å². The van der Waals surface area contributed by atoms with Crippen molar-refractivity contribution in [3.8, 4) is 0 Å². The van der Waals surface area contributed by atoms with Crippen LogP contribution in [0.25, 0.3) is 0 Å². The summed E-state index contributed by atoms with van der Waals surface area (Å²) in [6, 6.07) is 2.50. The number of carbonyl (C=O) groups excluding carboxylic acids is 1. The van der Waals surface area contributed by atoms with Crippen molar-refractivity contribution in [2.45, 2.75) is 13.0 Å². The lowest BCUT2D eigenvalue weighted by Gasteiger charge is -2.07. The second-order valence-corrected chi connectivity index (χ2v) is 4.14. The van der Waals surface area contributed by atoms with Gasteiger partial charge < -0.3 is 29.6 Å². The van der Waals surface area contributed by atoms with E-state index in [2.05, 4.69) is 10.6 Å². The molecule has 0 saturated carbocycles. The topological polar surface area (TPSA) is 110 Å². The molecule has 118 valence electrons. The van der Waals surface area contributed by atoms with E-state index in [9.17, 15) is 9.59 Å². The molecule has 0 aliphatic heterocycles. The van der Waals surface area contributed by atoms with Gasteiger partial charge in [-0.15, -0.1) is 0 Å². The van der Waals surface area contributed by atoms with Crippen LogP contribution >= 0.6 is 0 Å². The molecule has 8 heteroatoms. The van der Waals surface area contributed by atoms with Gasteiger partial charge in [-0.05, 0) is 18.6 Å². The summed E-state index contributed by atoms with van der Waals surface area (Å²) in [4.78, 5) is 22.1. The summed E-state index contributed by atoms with van der Waals surface area (Å²) in [7, 11) is 1.60. The fraction of sp³-hybridized carbons (Fsp3) is 0.538. The number of aromatic carboxylic acids is 1. The maximum Gasteiger partial charge on any atom is 0.371 e. The van der Waals surface area contributed by atoms with Crippen LogP contribution in [0.5, 0.6) is 0 Å². The molecule has 0 spiro atoms. The maximum atomic E-state index is 11.5. The number of rotatable bonds is 10. The van der Waals surface area contributed by atoms with Crippen molar-refractivity contribution in [1.29, 1.82) is 0 Å². The van der Waals surface area contributed by atoms with Gasteiger partial charge in [0.1, 0.15) is 5.76 Å². The monoisotopic (exact) mass is 300 g/mol. The van der Waals surface area contributed by atoms with Gasteiger partial charge in [0.15, 0.2) is 0 Å². The third kappa shape index (κ3) is 7.33. The molecule has 1 aromatic heterocycles. The van der Waals surface area contributed by atoms with Crippen LogP contribution in [0.1, 0.15) is 22.7 Å². The summed E-state index contributed by atoms with van der Waals surface area (Å²) in [6.07, 6.45) is 0.695. The molecule has 0 aromatic carbocycles. The lowest BCUT2D eigenvalue weighted by molar-refractivity contribution is 0.0660. The SMILES string of the molecule is COCCOCCCNC(=O)NCc1ccc(C(=O)O)o1. The summed E-state index contributed by atoms with van der Waals surface area (Å²) < 4.78 is 15.1. The Balaban J connectivity index is 2.06. The number of hydrogen-bond acceptors (Lipinski definition) is 5. The number of nitrogens with one attached hydrogen (secondary N) is 2. The maximum absolute atomic E-state index is 11.5. The first-order valence-corrected chi connectivity index (χ1v) is 6.54. The Bertz CT molecular complexity index is 446. The molecule has 0 aliphatic carbocycles. The van der Waals surface area contributed by atoms with Gasteiger partial charge in [0, 0.05) is 20.3 Å². The number of carboxylic acid groups (broad SMARTS) is 1. The zero-order valence-corrected chi connectivity index (χ0v) is 11.9. The van der Waals surface area contributed by atoms with Crippen molar-refractivity contribution >= 4 is 12.0 Å². The fourth-order valence-electron chi connectivity index (χ4n) is 1.44. The van der Waals surface area contributed by atoms with Gasteiger partial charge >= 0.3 is 12.0 Å². The van der Waals surface area contributed by atoms with Crippen molar-refractivity contribution in [3.63, 3.8) is 0 Å². The lowest BCUT2D eigenvalue weighted by Crippen LogP contribution is -2.35. The first-order valence-electron chi connectivity index (χ1n) is 6.54. The van der Waals surface area contributed by atoms with E-state index in [1.54, 1.807) is 7.11 Å². The number of hydrogen-bond donors (Lipinski definition) is 3. The minimum Gasteiger partial charge on any atom is -0.475 e. The highest BCUT2D eigenvalue weighted by Crippen LogP contribution is 2.07. The van der Waals surface area contributed by atoms with Gasteiger partial charge in [-0.2, -0.15) is 0 Å². The van der Waals surface area contributed by atoms with Gasteiger partial charge in [0.2, 0.25) is 5.76 Å². The molecule has 2 amide bonds. The molecule has 0 unspecified atom stereocenters. The Labute approximate surface area is 122 Å². The number of urea groups is 1. The van der Waals surface area contributed by atoms with Gasteiger partial charge in [0.05, 0.1) is 19.8 Å². The minimum atomic E-state index is -1.14. The first-order chi connectivity index (χ1) is 10.1. The smallest absolute Gasteiger partial charge is 0.371 e. The summed E-state index contributed by atoms with van der Waals surface area (Å²) in [5.41, 5.74) is 0. The molecule has 1 heterocycles. The Morgan fingerprint density at radius 1 is 1.24 bits per heavy atom. The third-order valence-electron chi connectivity index (χ3n) is 2.48. The molecule has 0 fully saturated rings. The molecule has 0 aliphatic rings. The van der Waals surface area contributed by atoms with E-state index >= 15 is 0 Å². The number of methoxy groups -OCH3 is 1. The number of amides is 2. The number of carbonyl (C=O) groups is 2. The standard InChI is InChI=1S/C13H20N2O6/c1-19-7-8-20-6-2-5-14-13(18)15-9-10-3-4-11(21-10)12(16)17/h3-4H,2,5-9H2,1H3,(H,16,17)(H2,14,15,18). The number of carboxylic acids is 1. The average Bonchev–Trinajstić information content (AvgIpc) is 2.93. The predicted octanol–water partition coefficient (Wildman–Crippen LogP) is 0.830. The molecular formula is C13H20N2O6. The van der Waals surface area contributed by atoms with E-state index in [4.69, 9.17) is 19.0 Å². The minimum absolute atomic E-state index is 0.128. The molecule has 3 N–H and O–H groups in total. The zero-order valence-electron chi connectivity index (χ0n) is 11.9. The highest BCUT2D eigenvalue weighted by Gasteiger charge is 2.09. The summed E-state index contributed by atoms with van der Waals surface area (Å²) >= 11 is 0. The van der Waals surface area contributed by atoms with Crippen LogP contribution in [0.3, 0.4) is 0 Å². The quantitative estimate of drug-likeness (QED) is 0.552. The Kier molecular flexibility index (Phi) is 7.92. The first kappa shape index (κ1) is 17.0. The molecule has 21 heavy (non-hydrogen) atoms. The highest BCUT2D eigenvalue weighted by molar-refractivity contribution is 5.84. The van der Waals surface area contributed by atoms with Crippen molar-refractivity contribution in [1.82, 2.24) is 10.6 Å². The summed E-state index contributed by atoms with van der Waals surface area (Å²) in [6.45, 7) is 2.24. The number of ether oxygens (including phenoxy) is 2. The molecule has 0 atom stereocenters. The fourth-order valence-corrected chi connectivity index (χ4v) is 1.44. The second kappa shape index (κ2) is 9.78. The van der Waals surface area contributed by atoms with E-state index in [-0.39, 0.29) is 18.3 Å². The van der Waals surface area contributed by atoms with Crippen LogP contribution in [0.2, 0.25) is 0 Å². The molecule has 8 nitrogen and oxygen atoms in total. The van der Waals surface area contributed by atoms with Gasteiger partial charge in [-0.1, -0.05) is 0 Å². The van der Waals surface area contributed by atoms with E-state index in [0.29, 0.717) is 38.5 Å². The Morgan fingerprint density at radius 2 is 2.05 bits per heavy atom. The van der Waals surface area contributed by atoms with E-state index in [0.717, 1.165) is 0 Å². The Hall–Kier alpha value is -2.06. The van der Waals surface area contributed by atoms with E-state index < -0.39 is 5.97 Å². The van der Waals surface area contributed by atoms with E-state index in [1.165, 1.54) is 12.1 Å². The normalized spacial score (nSPS) is 10.3. The van der Waals surface area contributed by atoms with Crippen LogP contribution in [0, 0.1) is 0 Å². The van der Waals surface area contributed by atoms with Crippen LogP contribution in [0.4, 0.5) is 4.79 Å². The second-order valence-electron chi connectivity index (χ2n) is 4.14. The molecule has 1 aromatic rings. The molecular weight excluding hydrogens is 280 g/mol. The zero-order chi connectivity index (χ0) is 15.5. The van der Waals surface area contributed by atoms with Gasteiger partial charge in [-0.3, -0.25) is 0 Å². The lowest BCUT2D eigenvalue weighted by atomic mass is 10.4. The summed E-state index contributed by atoms with van der Waals surface area (Å²) in [5, 5.41) is 13.9. The number of furan rings is 1. The van der Waals surface area contributed by atoms with Crippen LogP contribution in [-0.2, 0) is 16.0 Å².